The van der Waals surface area contributed by atoms with E-state index in [1.54, 1.807) is 12.1 Å². The van der Waals surface area contributed by atoms with Crippen molar-refractivity contribution in [3.05, 3.63) is 53.6 Å². The summed E-state index contributed by atoms with van der Waals surface area (Å²) >= 11 is 17.8. The highest BCUT2D eigenvalue weighted by Crippen LogP contribution is 2.66. The van der Waals surface area contributed by atoms with Crippen molar-refractivity contribution in [2.24, 2.45) is 17.8 Å². The number of rotatable bonds is 2. The minimum atomic E-state index is -1.97. The monoisotopic (exact) mass is 632 g/mol. The molecule has 0 aromatic heterocycles. The maximum absolute atomic E-state index is 14.0. The maximum Gasteiger partial charge on any atom is 0.254 e. The average Bonchev–Trinajstić information content (AvgIpc) is 3.23. The first kappa shape index (κ1) is 26.8. The lowest BCUT2D eigenvalue weighted by atomic mass is 9.56. The van der Waals surface area contributed by atoms with E-state index in [4.69, 9.17) is 23.2 Å². The van der Waals surface area contributed by atoms with E-state index in [0.717, 1.165) is 10.3 Å². The molecule has 1 N–H and O–H groups in total. The molecule has 39 heavy (non-hydrogen) atoms. The number of fused-ring (bicyclic) bond motifs is 5. The highest BCUT2D eigenvalue weighted by molar-refractivity contribution is 9.09. The Kier molecular flexibility index (Phi) is 5.87. The van der Waals surface area contributed by atoms with Gasteiger partial charge in [0.15, 0.2) is 9.75 Å². The van der Waals surface area contributed by atoms with Crippen molar-refractivity contribution in [1.82, 2.24) is 9.80 Å². The van der Waals surface area contributed by atoms with Gasteiger partial charge in [0.1, 0.15) is 5.75 Å². The molecule has 0 bridgehead atoms. The molecule has 6 rings (SSSR count). The minimum Gasteiger partial charge on any atom is -0.508 e. The molecular formula is C29H27BrCl2N2O5. The SMILES string of the molecule is CC(C)(C)N1C(=O)C2CC=C3C(CC4(Cl)C(=O)N(CBr)C(=O)C4(Cl)C3c3c(O)ccc4ccccc34)C2C1=O. The third kappa shape index (κ3) is 3.28. The molecule has 204 valence electrons. The second-order valence-electron chi connectivity index (χ2n) is 11.9. The topological polar surface area (TPSA) is 95.0 Å². The first-order valence-corrected chi connectivity index (χ1v) is 14.8. The summed E-state index contributed by atoms with van der Waals surface area (Å²) in [6, 6.07) is 10.7. The summed E-state index contributed by atoms with van der Waals surface area (Å²) in [4.78, 5) is 53.6. The summed E-state index contributed by atoms with van der Waals surface area (Å²) in [5, 5.41) is 12.8. The first-order valence-electron chi connectivity index (χ1n) is 12.9. The summed E-state index contributed by atoms with van der Waals surface area (Å²) < 4.78 is 0. The van der Waals surface area contributed by atoms with Gasteiger partial charge < -0.3 is 5.11 Å². The molecule has 2 heterocycles. The summed E-state index contributed by atoms with van der Waals surface area (Å²) in [6.45, 7) is 5.43. The smallest absolute Gasteiger partial charge is 0.254 e. The second-order valence-corrected chi connectivity index (χ2v) is 13.6. The molecule has 4 amide bonds. The van der Waals surface area contributed by atoms with E-state index < -0.39 is 50.8 Å². The molecule has 6 unspecified atom stereocenters. The molecular weight excluding hydrogens is 607 g/mol. The van der Waals surface area contributed by atoms with E-state index in [9.17, 15) is 24.3 Å². The molecule has 1 saturated carbocycles. The predicted molar refractivity (Wildman–Crippen MR) is 151 cm³/mol. The van der Waals surface area contributed by atoms with Crippen LogP contribution in [0.3, 0.4) is 0 Å². The van der Waals surface area contributed by atoms with Gasteiger partial charge in [0, 0.05) is 17.0 Å². The third-order valence-electron chi connectivity index (χ3n) is 8.92. The third-order valence-corrected chi connectivity index (χ3v) is 10.8. The number of phenolic OH excluding ortho intramolecular Hbond substituents is 1. The molecule has 0 radical (unpaired) electrons. The lowest BCUT2D eigenvalue weighted by molar-refractivity contribution is -0.146. The first-order chi connectivity index (χ1) is 18.3. The normalized spacial score (nSPS) is 34.4. The van der Waals surface area contributed by atoms with Crippen molar-refractivity contribution in [3.63, 3.8) is 0 Å². The van der Waals surface area contributed by atoms with Crippen LogP contribution in [0.5, 0.6) is 5.75 Å². The Morgan fingerprint density at radius 3 is 2.36 bits per heavy atom. The number of hydrogen-bond donors (Lipinski definition) is 1. The molecule has 2 aromatic carbocycles. The number of phenols is 1. The number of aromatic hydroxyl groups is 1. The van der Waals surface area contributed by atoms with Gasteiger partial charge in [-0.2, -0.15) is 0 Å². The summed E-state index contributed by atoms with van der Waals surface area (Å²) in [6.07, 6.45) is 2.07. The Balaban J connectivity index is 1.63. The zero-order chi connectivity index (χ0) is 28.2. The predicted octanol–water partition coefficient (Wildman–Crippen LogP) is 5.06. The van der Waals surface area contributed by atoms with Crippen LogP contribution in [0, 0.1) is 17.8 Å². The van der Waals surface area contributed by atoms with Gasteiger partial charge in [-0.3, -0.25) is 29.0 Å². The number of benzene rings is 2. The number of likely N-dealkylation sites (tertiary alicyclic amines) is 2. The van der Waals surface area contributed by atoms with Crippen LogP contribution in [0.25, 0.3) is 10.8 Å². The largest absolute Gasteiger partial charge is 0.508 e. The molecule has 2 aromatic rings. The lowest BCUT2D eigenvalue weighted by Gasteiger charge is -2.51. The summed E-state index contributed by atoms with van der Waals surface area (Å²) in [7, 11) is 0. The van der Waals surface area contributed by atoms with E-state index >= 15 is 0 Å². The van der Waals surface area contributed by atoms with Crippen LogP contribution in [0.1, 0.15) is 45.1 Å². The Morgan fingerprint density at radius 2 is 1.69 bits per heavy atom. The average molecular weight is 634 g/mol. The number of hydrogen-bond acceptors (Lipinski definition) is 5. The summed E-state index contributed by atoms with van der Waals surface area (Å²) in [5.74, 6) is -4.98. The Hall–Kier alpha value is -2.42. The van der Waals surface area contributed by atoms with Crippen LogP contribution in [-0.4, -0.2) is 59.3 Å². The van der Waals surface area contributed by atoms with Gasteiger partial charge in [-0.15, -0.1) is 23.2 Å². The second kappa shape index (κ2) is 8.54. The zero-order valence-electron chi connectivity index (χ0n) is 21.6. The number of carbonyl (C=O) groups excluding carboxylic acids is 4. The quantitative estimate of drug-likeness (QED) is 0.216. The van der Waals surface area contributed by atoms with Crippen molar-refractivity contribution in [3.8, 4) is 5.75 Å². The van der Waals surface area contributed by atoms with Crippen LogP contribution >= 0.6 is 39.1 Å². The number of halogens is 3. The van der Waals surface area contributed by atoms with Crippen LogP contribution in [0.2, 0.25) is 0 Å². The van der Waals surface area contributed by atoms with E-state index in [-0.39, 0.29) is 35.9 Å². The molecule has 2 aliphatic heterocycles. The number of imide groups is 2. The molecule has 0 spiro atoms. The molecule has 3 fully saturated rings. The van der Waals surface area contributed by atoms with E-state index in [0.29, 0.717) is 16.5 Å². The summed E-state index contributed by atoms with van der Waals surface area (Å²) in [5.41, 5.74) is 0.203. The van der Waals surface area contributed by atoms with Gasteiger partial charge in [0.2, 0.25) is 11.8 Å². The molecule has 2 aliphatic carbocycles. The molecule has 4 aliphatic rings. The minimum absolute atomic E-state index is 0.0852. The maximum atomic E-state index is 14.0. The van der Waals surface area contributed by atoms with Crippen molar-refractivity contribution in [2.75, 3.05) is 5.45 Å². The number of nitrogens with zero attached hydrogens (tertiary/aromatic N) is 2. The molecule has 10 heteroatoms. The van der Waals surface area contributed by atoms with Gasteiger partial charge in [0.05, 0.1) is 17.3 Å². The van der Waals surface area contributed by atoms with Crippen molar-refractivity contribution in [1.29, 1.82) is 0 Å². The van der Waals surface area contributed by atoms with Crippen LogP contribution < -0.4 is 0 Å². The Bertz CT molecular complexity index is 1520. The Morgan fingerprint density at radius 1 is 1.00 bits per heavy atom. The number of carbonyl (C=O) groups is 4. The Labute approximate surface area is 244 Å². The van der Waals surface area contributed by atoms with E-state index in [1.807, 2.05) is 51.1 Å². The van der Waals surface area contributed by atoms with E-state index in [1.165, 1.54) is 4.90 Å². The van der Waals surface area contributed by atoms with Crippen molar-refractivity contribution >= 4 is 73.5 Å². The number of alkyl halides is 3. The van der Waals surface area contributed by atoms with Gasteiger partial charge >= 0.3 is 0 Å². The fourth-order valence-electron chi connectivity index (χ4n) is 7.32. The molecule has 7 nitrogen and oxygen atoms in total. The molecule has 6 atom stereocenters. The van der Waals surface area contributed by atoms with Crippen molar-refractivity contribution < 1.29 is 24.3 Å². The highest BCUT2D eigenvalue weighted by Gasteiger charge is 2.76. The lowest BCUT2D eigenvalue weighted by Crippen LogP contribution is -2.60. The fraction of sp³-hybridized carbons (Fsp3) is 0.448. The van der Waals surface area contributed by atoms with Gasteiger partial charge in [-0.05, 0) is 56.4 Å². The van der Waals surface area contributed by atoms with Gasteiger partial charge in [0.25, 0.3) is 11.8 Å². The number of allylic oxidation sites excluding steroid dienone is 2. The highest BCUT2D eigenvalue weighted by atomic mass is 79.9. The van der Waals surface area contributed by atoms with E-state index in [2.05, 4.69) is 15.9 Å². The zero-order valence-corrected chi connectivity index (χ0v) is 24.7. The number of amides is 4. The fourth-order valence-corrected chi connectivity index (χ4v) is 8.73. The van der Waals surface area contributed by atoms with Crippen LogP contribution in [0.15, 0.2) is 48.0 Å². The van der Waals surface area contributed by atoms with Crippen molar-refractivity contribution in [2.45, 2.75) is 54.8 Å². The molecule has 2 saturated heterocycles. The standard InChI is InChI=1S/C29H27BrCl2N2O5/c1-27(2,3)34-23(36)17-10-9-16-18(20(17)24(34)37)12-28(31)25(38)33(13-30)26(39)29(28,32)22(16)21-15-7-5-4-6-14(15)8-11-19(21)35/h4-9,11,17-18,20,22,35H,10,12-13H2,1-3H3. The van der Waals surface area contributed by atoms with Crippen LogP contribution in [-0.2, 0) is 19.2 Å². The van der Waals surface area contributed by atoms with Gasteiger partial charge in [-0.25, -0.2) is 0 Å². The van der Waals surface area contributed by atoms with Crippen LogP contribution in [0.4, 0.5) is 0 Å². The van der Waals surface area contributed by atoms with Gasteiger partial charge in [-0.1, -0.05) is 57.9 Å².